The van der Waals surface area contributed by atoms with Crippen LogP contribution in [0.3, 0.4) is 0 Å². The predicted molar refractivity (Wildman–Crippen MR) is 92.9 cm³/mol. The Morgan fingerprint density at radius 1 is 1.30 bits per heavy atom. The highest BCUT2D eigenvalue weighted by Gasteiger charge is 2.27. The molecule has 142 valence electrons. The van der Waals surface area contributed by atoms with E-state index in [4.69, 9.17) is 4.74 Å². The third-order valence-corrected chi connectivity index (χ3v) is 4.26. The van der Waals surface area contributed by atoms with E-state index in [1.165, 1.54) is 12.3 Å². The third-order valence-electron chi connectivity index (χ3n) is 4.26. The number of aromatic nitrogens is 4. The molecule has 0 amide bonds. The fourth-order valence-electron chi connectivity index (χ4n) is 2.97. The number of nitrogens with zero attached hydrogens (tertiary/aromatic N) is 4. The van der Waals surface area contributed by atoms with Gasteiger partial charge in [0.25, 0.3) is 6.43 Å². The molecule has 7 nitrogen and oxygen atoms in total. The van der Waals surface area contributed by atoms with E-state index in [0.29, 0.717) is 35.8 Å². The lowest BCUT2D eigenvalue weighted by Gasteiger charge is -2.17. The third kappa shape index (κ3) is 3.65. The average molecular weight is 378 g/mol. The van der Waals surface area contributed by atoms with Crippen molar-refractivity contribution >= 4 is 11.5 Å². The van der Waals surface area contributed by atoms with Crippen LogP contribution in [0.1, 0.15) is 0 Å². The molecule has 0 unspecified atom stereocenters. The number of alkyl halides is 3. The molecule has 3 aromatic rings. The van der Waals surface area contributed by atoms with Crippen LogP contribution in [-0.2, 0) is 0 Å². The Labute approximate surface area is 152 Å². The van der Waals surface area contributed by atoms with Gasteiger partial charge in [0.15, 0.2) is 5.65 Å². The summed E-state index contributed by atoms with van der Waals surface area (Å²) in [5.74, 6) is 0.734. The van der Waals surface area contributed by atoms with Gasteiger partial charge >= 0.3 is 0 Å². The Morgan fingerprint density at radius 3 is 2.96 bits per heavy atom. The van der Waals surface area contributed by atoms with Crippen molar-refractivity contribution in [3.8, 4) is 17.0 Å². The summed E-state index contributed by atoms with van der Waals surface area (Å²) in [6.07, 6.45) is 0.998. The molecule has 10 heteroatoms. The quantitative estimate of drug-likeness (QED) is 0.685. The molecule has 1 aliphatic rings. The van der Waals surface area contributed by atoms with Gasteiger partial charge in [-0.15, -0.1) is 0 Å². The highest BCUT2D eigenvalue weighted by atomic mass is 19.3. The topological polar surface area (TPSA) is 76.4 Å². The van der Waals surface area contributed by atoms with E-state index < -0.39 is 19.2 Å². The van der Waals surface area contributed by atoms with Crippen molar-refractivity contribution in [2.45, 2.75) is 18.6 Å². The summed E-state index contributed by atoms with van der Waals surface area (Å²) in [6.45, 7) is 0.105. The van der Waals surface area contributed by atoms with E-state index in [0.717, 1.165) is 0 Å². The van der Waals surface area contributed by atoms with Crippen molar-refractivity contribution in [2.24, 2.45) is 0 Å². The van der Waals surface area contributed by atoms with Gasteiger partial charge in [0.05, 0.1) is 24.1 Å². The summed E-state index contributed by atoms with van der Waals surface area (Å²) in [7, 11) is 0. The second-order valence-corrected chi connectivity index (χ2v) is 6.13. The van der Waals surface area contributed by atoms with Crippen LogP contribution in [-0.4, -0.2) is 57.9 Å². The molecule has 3 aromatic heterocycles. The van der Waals surface area contributed by atoms with Gasteiger partial charge in [-0.25, -0.2) is 27.7 Å². The number of pyridine rings is 1. The lowest BCUT2D eigenvalue weighted by molar-refractivity contribution is 0.0817. The first kappa shape index (κ1) is 17.5. The monoisotopic (exact) mass is 378 g/mol. The number of hydrogen-bond donors (Lipinski definition) is 2. The molecule has 0 bridgehead atoms. The molecule has 0 radical (unpaired) electrons. The molecule has 2 atom stereocenters. The van der Waals surface area contributed by atoms with E-state index in [9.17, 15) is 13.2 Å². The maximum atomic E-state index is 13.9. The van der Waals surface area contributed by atoms with Gasteiger partial charge in [0, 0.05) is 30.9 Å². The maximum Gasteiger partial charge on any atom is 0.272 e. The van der Waals surface area contributed by atoms with E-state index >= 15 is 0 Å². The summed E-state index contributed by atoms with van der Waals surface area (Å²) in [5.41, 5.74) is 1.79. The van der Waals surface area contributed by atoms with Crippen LogP contribution in [0.25, 0.3) is 16.9 Å². The Kier molecular flexibility index (Phi) is 4.80. The SMILES string of the molecule is FC(F)COc1cnn2c(-c3cccnc3N[C@H]3CNC[C@@H]3F)cnc2c1. The minimum absolute atomic E-state index is 0.210. The zero-order chi connectivity index (χ0) is 18.8. The molecule has 1 aliphatic heterocycles. The summed E-state index contributed by atoms with van der Waals surface area (Å²) < 4.78 is 45.0. The Morgan fingerprint density at radius 2 is 2.19 bits per heavy atom. The van der Waals surface area contributed by atoms with Crippen molar-refractivity contribution in [2.75, 3.05) is 25.0 Å². The molecule has 0 spiro atoms. The van der Waals surface area contributed by atoms with Gasteiger partial charge in [-0.3, -0.25) is 0 Å². The average Bonchev–Trinajstić information content (AvgIpc) is 3.26. The molecular weight excluding hydrogens is 361 g/mol. The van der Waals surface area contributed by atoms with Crippen LogP contribution in [0.5, 0.6) is 5.75 Å². The minimum atomic E-state index is -2.56. The summed E-state index contributed by atoms with van der Waals surface area (Å²) in [4.78, 5) is 8.58. The Balaban J connectivity index is 1.64. The van der Waals surface area contributed by atoms with Crippen LogP contribution in [0, 0.1) is 0 Å². The van der Waals surface area contributed by atoms with Gasteiger partial charge in [-0.05, 0) is 12.1 Å². The highest BCUT2D eigenvalue weighted by Crippen LogP contribution is 2.28. The molecule has 1 fully saturated rings. The minimum Gasteiger partial charge on any atom is -0.486 e. The zero-order valence-electron chi connectivity index (χ0n) is 14.1. The Bertz CT molecular complexity index is 934. The predicted octanol–water partition coefficient (Wildman–Crippen LogP) is 2.16. The number of anilines is 1. The smallest absolute Gasteiger partial charge is 0.272 e. The second kappa shape index (κ2) is 7.39. The first-order valence-electron chi connectivity index (χ1n) is 8.43. The Hall–Kier alpha value is -2.88. The van der Waals surface area contributed by atoms with Crippen molar-refractivity contribution in [1.82, 2.24) is 24.9 Å². The standard InChI is InChI=1S/C17H17F3N6O/c18-12-6-21-7-13(12)25-17-11(2-1-3-22-17)14-8-23-16-4-10(5-24-26(14)16)27-9-15(19)20/h1-5,8,12-13,15,21H,6-7,9H2,(H,22,25)/t12-,13-/m0/s1. The van der Waals surface area contributed by atoms with Gasteiger partial charge in [-0.1, -0.05) is 0 Å². The number of ether oxygens (including phenoxy) is 1. The number of halogens is 3. The summed E-state index contributed by atoms with van der Waals surface area (Å²) in [6, 6.07) is 4.75. The normalized spacial score (nSPS) is 19.7. The number of hydrogen-bond acceptors (Lipinski definition) is 6. The largest absolute Gasteiger partial charge is 0.486 e. The summed E-state index contributed by atoms with van der Waals surface area (Å²) >= 11 is 0. The maximum absolute atomic E-state index is 13.9. The van der Waals surface area contributed by atoms with Gasteiger partial charge in [0.1, 0.15) is 24.3 Å². The van der Waals surface area contributed by atoms with Crippen LogP contribution in [0.15, 0.2) is 36.8 Å². The van der Waals surface area contributed by atoms with Crippen molar-refractivity contribution in [3.05, 3.63) is 36.8 Å². The molecular formula is C17H17F3N6O. The highest BCUT2D eigenvalue weighted by molar-refractivity contribution is 5.74. The van der Waals surface area contributed by atoms with Crippen molar-refractivity contribution in [3.63, 3.8) is 0 Å². The molecule has 1 saturated heterocycles. The van der Waals surface area contributed by atoms with Crippen LogP contribution in [0.4, 0.5) is 19.0 Å². The fraction of sp³-hybridized carbons (Fsp3) is 0.353. The van der Waals surface area contributed by atoms with Gasteiger partial charge in [0.2, 0.25) is 0 Å². The van der Waals surface area contributed by atoms with E-state index in [1.54, 1.807) is 23.0 Å². The van der Waals surface area contributed by atoms with E-state index in [1.807, 2.05) is 6.07 Å². The number of imidazole rings is 1. The van der Waals surface area contributed by atoms with Crippen LogP contribution < -0.4 is 15.4 Å². The van der Waals surface area contributed by atoms with Crippen molar-refractivity contribution < 1.29 is 17.9 Å². The van der Waals surface area contributed by atoms with E-state index in [2.05, 4.69) is 25.7 Å². The van der Waals surface area contributed by atoms with Gasteiger partial charge in [-0.2, -0.15) is 5.10 Å². The number of rotatable bonds is 6. The molecule has 4 heterocycles. The molecule has 2 N–H and O–H groups in total. The first-order chi connectivity index (χ1) is 13.1. The molecule has 0 saturated carbocycles. The number of fused-ring (bicyclic) bond motifs is 1. The molecule has 0 aromatic carbocycles. The second-order valence-electron chi connectivity index (χ2n) is 6.13. The fourth-order valence-corrected chi connectivity index (χ4v) is 2.97. The lowest BCUT2D eigenvalue weighted by atomic mass is 10.1. The molecule has 4 rings (SSSR count). The van der Waals surface area contributed by atoms with Crippen molar-refractivity contribution in [1.29, 1.82) is 0 Å². The van der Waals surface area contributed by atoms with Crippen LogP contribution >= 0.6 is 0 Å². The molecule has 27 heavy (non-hydrogen) atoms. The van der Waals surface area contributed by atoms with Gasteiger partial charge < -0.3 is 15.4 Å². The van der Waals surface area contributed by atoms with Crippen LogP contribution in [0.2, 0.25) is 0 Å². The zero-order valence-corrected chi connectivity index (χ0v) is 14.1. The van der Waals surface area contributed by atoms with E-state index in [-0.39, 0.29) is 11.8 Å². The molecule has 0 aliphatic carbocycles. The number of nitrogens with one attached hydrogen (secondary N) is 2. The first-order valence-corrected chi connectivity index (χ1v) is 8.43. The summed E-state index contributed by atoms with van der Waals surface area (Å²) in [5, 5.41) is 10.3. The lowest BCUT2D eigenvalue weighted by Crippen LogP contribution is -2.30.